The second-order valence-electron chi connectivity index (χ2n) is 9.21. The van der Waals surface area contributed by atoms with Crippen LogP contribution in [0.1, 0.15) is 21.5 Å². The molecule has 0 radical (unpaired) electrons. The zero-order valence-electron chi connectivity index (χ0n) is 20.7. The van der Waals surface area contributed by atoms with E-state index >= 15 is 0 Å². The standard InChI is InChI=1S/C28H28N6O3/c1-36-26-13-19-4-5-29-14-22(19)12-25(26)33-28-31-17-20-3-2-18(11-24(20)32-28)21-10-23(16-30-15-21)27(35)34-6-8-37-9-7-34/h2-3,10-13,15-17,29H,4-9,14H2,1H3,(H,31,32,33). The molecule has 2 aliphatic heterocycles. The molecule has 1 fully saturated rings. The van der Waals surface area contributed by atoms with Crippen LogP contribution >= 0.6 is 0 Å². The number of ether oxygens (including phenoxy) is 2. The average Bonchev–Trinajstić information content (AvgIpc) is 2.96. The number of carbonyl (C=O) groups is 1. The molecule has 2 N–H and O–H groups in total. The molecule has 2 aliphatic rings. The van der Waals surface area contributed by atoms with Crippen molar-refractivity contribution in [2.24, 2.45) is 0 Å². The number of aromatic nitrogens is 3. The van der Waals surface area contributed by atoms with Crippen molar-refractivity contribution in [3.05, 3.63) is 71.7 Å². The van der Waals surface area contributed by atoms with Crippen molar-refractivity contribution in [3.8, 4) is 16.9 Å². The number of nitrogens with zero attached hydrogens (tertiary/aromatic N) is 4. The van der Waals surface area contributed by atoms with Gasteiger partial charge in [0.2, 0.25) is 5.95 Å². The number of hydrogen-bond acceptors (Lipinski definition) is 8. The Morgan fingerprint density at radius 2 is 1.95 bits per heavy atom. The van der Waals surface area contributed by atoms with E-state index in [1.165, 1.54) is 11.1 Å². The summed E-state index contributed by atoms with van der Waals surface area (Å²) in [5, 5.41) is 7.67. The van der Waals surface area contributed by atoms with Crippen LogP contribution in [0.5, 0.6) is 5.75 Å². The fourth-order valence-corrected chi connectivity index (χ4v) is 4.82. The van der Waals surface area contributed by atoms with Crippen LogP contribution in [-0.2, 0) is 17.7 Å². The quantitative estimate of drug-likeness (QED) is 0.433. The maximum absolute atomic E-state index is 12.9. The van der Waals surface area contributed by atoms with E-state index in [1.807, 2.05) is 24.3 Å². The molecular formula is C28H28N6O3. The highest BCUT2D eigenvalue weighted by atomic mass is 16.5. The van der Waals surface area contributed by atoms with Gasteiger partial charge in [0.25, 0.3) is 5.91 Å². The summed E-state index contributed by atoms with van der Waals surface area (Å²) in [5.41, 5.74) is 6.53. The molecule has 1 saturated heterocycles. The monoisotopic (exact) mass is 496 g/mol. The minimum Gasteiger partial charge on any atom is -0.495 e. The number of fused-ring (bicyclic) bond motifs is 2. The Kier molecular flexibility index (Phi) is 6.38. The van der Waals surface area contributed by atoms with Crippen molar-refractivity contribution < 1.29 is 14.3 Å². The van der Waals surface area contributed by atoms with Crippen LogP contribution in [0.2, 0.25) is 0 Å². The van der Waals surface area contributed by atoms with E-state index in [1.54, 1.807) is 30.6 Å². The minimum absolute atomic E-state index is 0.0264. The number of methoxy groups -OCH3 is 1. The van der Waals surface area contributed by atoms with Gasteiger partial charge in [-0.15, -0.1) is 0 Å². The summed E-state index contributed by atoms with van der Waals surface area (Å²) in [6, 6.07) is 12.1. The zero-order chi connectivity index (χ0) is 25.2. The summed E-state index contributed by atoms with van der Waals surface area (Å²) in [7, 11) is 1.67. The van der Waals surface area contributed by atoms with Crippen LogP contribution < -0.4 is 15.4 Å². The number of rotatable bonds is 5. The Labute approximate surface area is 214 Å². The second kappa shape index (κ2) is 10.1. The van der Waals surface area contributed by atoms with Gasteiger partial charge in [0, 0.05) is 49.2 Å². The molecule has 188 valence electrons. The number of nitrogens with one attached hydrogen (secondary N) is 2. The van der Waals surface area contributed by atoms with Gasteiger partial charge < -0.3 is 25.0 Å². The van der Waals surface area contributed by atoms with E-state index in [-0.39, 0.29) is 5.91 Å². The number of pyridine rings is 1. The maximum atomic E-state index is 12.9. The van der Waals surface area contributed by atoms with E-state index < -0.39 is 0 Å². The molecule has 4 aromatic rings. The number of carbonyl (C=O) groups excluding carboxylic acids is 1. The van der Waals surface area contributed by atoms with Crippen LogP contribution in [0.25, 0.3) is 22.0 Å². The predicted molar refractivity (Wildman–Crippen MR) is 141 cm³/mol. The van der Waals surface area contributed by atoms with E-state index in [9.17, 15) is 4.79 Å². The largest absolute Gasteiger partial charge is 0.495 e. The van der Waals surface area contributed by atoms with Crippen molar-refractivity contribution in [1.82, 2.24) is 25.2 Å². The Balaban J connectivity index is 1.29. The van der Waals surface area contributed by atoms with Crippen LogP contribution in [0.15, 0.2) is 55.0 Å². The molecule has 0 bridgehead atoms. The second-order valence-corrected chi connectivity index (χ2v) is 9.21. The highest BCUT2D eigenvalue weighted by molar-refractivity contribution is 5.95. The molecule has 0 spiro atoms. The lowest BCUT2D eigenvalue weighted by Gasteiger charge is -2.26. The summed E-state index contributed by atoms with van der Waals surface area (Å²) in [5.74, 6) is 1.23. The smallest absolute Gasteiger partial charge is 0.255 e. The highest BCUT2D eigenvalue weighted by Gasteiger charge is 2.19. The van der Waals surface area contributed by atoms with Crippen molar-refractivity contribution in [2.75, 3.05) is 45.3 Å². The maximum Gasteiger partial charge on any atom is 0.255 e. The van der Waals surface area contributed by atoms with Crippen LogP contribution in [0, 0.1) is 0 Å². The fourth-order valence-electron chi connectivity index (χ4n) is 4.82. The molecule has 0 saturated carbocycles. The first kappa shape index (κ1) is 23.3. The molecule has 37 heavy (non-hydrogen) atoms. The topological polar surface area (TPSA) is 102 Å². The van der Waals surface area contributed by atoms with Crippen molar-refractivity contribution in [3.63, 3.8) is 0 Å². The van der Waals surface area contributed by atoms with Gasteiger partial charge in [0.05, 0.1) is 37.1 Å². The van der Waals surface area contributed by atoms with Crippen molar-refractivity contribution in [2.45, 2.75) is 13.0 Å². The molecule has 0 unspecified atom stereocenters. The lowest BCUT2D eigenvalue weighted by molar-refractivity contribution is 0.0302. The van der Waals surface area contributed by atoms with E-state index in [2.05, 4.69) is 32.7 Å². The lowest BCUT2D eigenvalue weighted by atomic mass is 10.00. The summed E-state index contributed by atoms with van der Waals surface area (Å²) >= 11 is 0. The van der Waals surface area contributed by atoms with Gasteiger partial charge in [-0.1, -0.05) is 12.1 Å². The Hall–Kier alpha value is -4.08. The van der Waals surface area contributed by atoms with Crippen LogP contribution in [-0.4, -0.2) is 65.7 Å². The molecule has 0 aliphatic carbocycles. The first-order valence-electron chi connectivity index (χ1n) is 12.4. The van der Waals surface area contributed by atoms with Gasteiger partial charge in [-0.05, 0) is 53.9 Å². The van der Waals surface area contributed by atoms with Crippen LogP contribution in [0.3, 0.4) is 0 Å². The molecule has 4 heterocycles. The Bertz CT molecular complexity index is 1470. The third kappa shape index (κ3) is 4.83. The van der Waals surface area contributed by atoms with Crippen molar-refractivity contribution in [1.29, 1.82) is 0 Å². The number of benzene rings is 2. The summed E-state index contributed by atoms with van der Waals surface area (Å²) in [6.07, 6.45) is 6.17. The summed E-state index contributed by atoms with van der Waals surface area (Å²) in [6.45, 7) is 4.12. The SMILES string of the molecule is COc1cc2c(cc1Nc1ncc3ccc(-c4cncc(C(=O)N5CCOCC5)c4)cc3n1)CNCC2. The Morgan fingerprint density at radius 1 is 1.05 bits per heavy atom. The van der Waals surface area contributed by atoms with Gasteiger partial charge >= 0.3 is 0 Å². The molecule has 2 aromatic heterocycles. The third-order valence-corrected chi connectivity index (χ3v) is 6.85. The molecule has 9 nitrogen and oxygen atoms in total. The summed E-state index contributed by atoms with van der Waals surface area (Å²) in [4.78, 5) is 28.4. The lowest BCUT2D eigenvalue weighted by Crippen LogP contribution is -2.40. The number of hydrogen-bond donors (Lipinski definition) is 2. The molecule has 9 heteroatoms. The summed E-state index contributed by atoms with van der Waals surface area (Å²) < 4.78 is 11.0. The number of morpholine rings is 1. The first-order valence-corrected chi connectivity index (χ1v) is 12.4. The Morgan fingerprint density at radius 3 is 2.81 bits per heavy atom. The van der Waals surface area contributed by atoms with Gasteiger partial charge in [-0.25, -0.2) is 9.97 Å². The van der Waals surface area contributed by atoms with E-state index in [0.717, 1.165) is 53.0 Å². The van der Waals surface area contributed by atoms with Crippen LogP contribution in [0.4, 0.5) is 11.6 Å². The fraction of sp³-hybridized carbons (Fsp3) is 0.286. The number of anilines is 2. The third-order valence-electron chi connectivity index (χ3n) is 6.85. The molecule has 0 atom stereocenters. The highest BCUT2D eigenvalue weighted by Crippen LogP contribution is 2.32. The predicted octanol–water partition coefficient (Wildman–Crippen LogP) is 3.56. The van der Waals surface area contributed by atoms with E-state index in [4.69, 9.17) is 14.5 Å². The molecular weight excluding hydrogens is 468 g/mol. The zero-order valence-corrected chi connectivity index (χ0v) is 20.7. The van der Waals surface area contributed by atoms with E-state index in [0.29, 0.717) is 37.8 Å². The van der Waals surface area contributed by atoms with Gasteiger partial charge in [0.15, 0.2) is 0 Å². The molecule has 2 aromatic carbocycles. The minimum atomic E-state index is -0.0264. The average molecular weight is 497 g/mol. The molecule has 1 amide bonds. The molecule has 6 rings (SSSR count). The van der Waals surface area contributed by atoms with Gasteiger partial charge in [-0.2, -0.15) is 0 Å². The normalized spacial score (nSPS) is 15.3. The van der Waals surface area contributed by atoms with Gasteiger partial charge in [0.1, 0.15) is 5.75 Å². The van der Waals surface area contributed by atoms with Gasteiger partial charge in [-0.3, -0.25) is 9.78 Å². The van der Waals surface area contributed by atoms with Crippen molar-refractivity contribution >= 4 is 28.4 Å². The number of amides is 1. The first-order chi connectivity index (χ1) is 18.2.